The molecule has 2 unspecified atom stereocenters. The smallest absolute Gasteiger partial charge is 0.452 e. The van der Waals surface area contributed by atoms with Crippen LogP contribution in [0.2, 0.25) is 0 Å². The lowest BCUT2D eigenvalue weighted by Gasteiger charge is -2.41. The molecule has 220 valence electrons. The van der Waals surface area contributed by atoms with Gasteiger partial charge in [-0.15, -0.1) is 10.2 Å². The molecule has 4 aromatic rings. The van der Waals surface area contributed by atoms with Crippen molar-refractivity contribution in [2.75, 3.05) is 19.8 Å². The van der Waals surface area contributed by atoms with Crippen molar-refractivity contribution in [2.24, 2.45) is 0 Å². The van der Waals surface area contributed by atoms with Gasteiger partial charge in [-0.05, 0) is 59.9 Å². The summed E-state index contributed by atoms with van der Waals surface area (Å²) in [6.07, 6.45) is -2.20. The molecule has 6 rings (SSSR count). The average molecular weight is 602 g/mol. The summed E-state index contributed by atoms with van der Waals surface area (Å²) in [6, 6.07) is 10.4. The van der Waals surface area contributed by atoms with E-state index in [0.717, 1.165) is 15.5 Å². The number of hydrogen-bond donors (Lipinski definition) is 1. The number of aryl methyl sites for hydroxylation is 2. The quantitative estimate of drug-likeness (QED) is 0.352. The second-order valence-electron chi connectivity index (χ2n) is 10.6. The normalized spacial score (nSPS) is 19.1. The number of pyridine rings is 2. The van der Waals surface area contributed by atoms with Crippen LogP contribution in [0.1, 0.15) is 46.0 Å². The van der Waals surface area contributed by atoms with E-state index in [2.05, 4.69) is 15.2 Å². The number of aliphatic carboxylic acids is 1. The molecule has 1 N–H and O–H groups in total. The van der Waals surface area contributed by atoms with E-state index < -0.39 is 40.5 Å². The lowest BCUT2D eigenvalue weighted by molar-refractivity contribution is -0.166. The second kappa shape index (κ2) is 10.4. The summed E-state index contributed by atoms with van der Waals surface area (Å²) in [5.74, 6) is -2.60. The lowest BCUT2D eigenvalue weighted by atomic mass is 9.85. The largest absolute Gasteiger partial charge is 0.481 e. The van der Waals surface area contributed by atoms with Gasteiger partial charge >= 0.3 is 12.1 Å². The van der Waals surface area contributed by atoms with Crippen molar-refractivity contribution in [3.05, 3.63) is 82.4 Å². The number of alkyl halides is 3. The van der Waals surface area contributed by atoms with Gasteiger partial charge in [-0.3, -0.25) is 9.20 Å². The van der Waals surface area contributed by atoms with Gasteiger partial charge in [0.05, 0.1) is 26.2 Å². The third-order valence-electron chi connectivity index (χ3n) is 7.66. The van der Waals surface area contributed by atoms with Gasteiger partial charge in [0.1, 0.15) is 15.9 Å². The molecule has 14 heteroatoms. The van der Waals surface area contributed by atoms with E-state index >= 15 is 0 Å². The number of hydrogen-bond acceptors (Lipinski definition) is 7. The minimum Gasteiger partial charge on any atom is -0.481 e. The van der Waals surface area contributed by atoms with Crippen LogP contribution in [0.15, 0.2) is 53.7 Å². The van der Waals surface area contributed by atoms with Gasteiger partial charge in [0, 0.05) is 24.9 Å². The van der Waals surface area contributed by atoms with E-state index in [-0.39, 0.29) is 18.6 Å². The van der Waals surface area contributed by atoms with Gasteiger partial charge < -0.3 is 14.6 Å². The molecule has 0 amide bonds. The Hall–Kier alpha value is -3.88. The molecule has 2 atom stereocenters. The maximum atomic E-state index is 13.7. The first-order valence-corrected chi connectivity index (χ1v) is 14.2. The zero-order valence-corrected chi connectivity index (χ0v) is 23.4. The zero-order valence-electron chi connectivity index (χ0n) is 22.6. The minimum atomic E-state index is -4.70. The number of halogens is 3. The van der Waals surface area contributed by atoms with Crippen LogP contribution in [0.25, 0.3) is 5.65 Å². The maximum absolute atomic E-state index is 13.7. The highest BCUT2D eigenvalue weighted by molar-refractivity contribution is 7.82. The van der Waals surface area contributed by atoms with Crippen LogP contribution in [0.4, 0.5) is 13.2 Å². The number of fused-ring (bicyclic) bond motifs is 2. The van der Waals surface area contributed by atoms with Crippen molar-refractivity contribution in [2.45, 2.75) is 49.4 Å². The Kier molecular flexibility index (Phi) is 7.02. The molecular weight excluding hydrogens is 575 g/mol. The number of carboxylic acids is 1. The first-order valence-electron chi connectivity index (χ1n) is 13.1. The van der Waals surface area contributed by atoms with Crippen LogP contribution < -0.4 is 4.74 Å². The molecule has 2 aliphatic rings. The molecule has 0 radical (unpaired) electrons. The van der Waals surface area contributed by atoms with Gasteiger partial charge in [0.15, 0.2) is 11.2 Å². The van der Waals surface area contributed by atoms with Crippen molar-refractivity contribution in [3.63, 3.8) is 0 Å². The van der Waals surface area contributed by atoms with E-state index in [4.69, 9.17) is 9.47 Å². The molecule has 10 nitrogen and oxygen atoms in total. The molecular formula is C28H26F3N5O5S. The summed E-state index contributed by atoms with van der Waals surface area (Å²) in [4.78, 5) is 16.7. The highest BCUT2D eigenvalue weighted by atomic mass is 32.2. The fourth-order valence-electron chi connectivity index (χ4n) is 5.45. The van der Waals surface area contributed by atoms with E-state index in [1.807, 2.05) is 25.1 Å². The SMILES string of the molecule is Cc1ccc(C(CC(=O)O)c2ccn3c(C(F)(F)F)nnc3c2C)cc1CN1CC2(COC2)Oc2ncccc2S1=O. The summed E-state index contributed by atoms with van der Waals surface area (Å²) < 4.78 is 68.2. The Morgan fingerprint density at radius 2 is 1.98 bits per heavy atom. The highest BCUT2D eigenvalue weighted by Crippen LogP contribution is 2.37. The number of rotatable bonds is 6. The van der Waals surface area contributed by atoms with Crippen LogP contribution in [0, 0.1) is 13.8 Å². The average Bonchev–Trinajstić information content (AvgIpc) is 3.32. The summed E-state index contributed by atoms with van der Waals surface area (Å²) >= 11 is 0. The molecule has 2 aliphatic heterocycles. The molecule has 42 heavy (non-hydrogen) atoms. The van der Waals surface area contributed by atoms with Crippen LogP contribution in [0.5, 0.6) is 5.88 Å². The van der Waals surface area contributed by atoms with E-state index in [1.165, 1.54) is 12.3 Å². The van der Waals surface area contributed by atoms with Gasteiger partial charge in [0.25, 0.3) is 0 Å². The number of benzene rings is 1. The molecule has 0 saturated carbocycles. The summed E-state index contributed by atoms with van der Waals surface area (Å²) in [6.45, 7) is 4.76. The Morgan fingerprint density at radius 1 is 1.19 bits per heavy atom. The molecule has 3 aromatic heterocycles. The van der Waals surface area contributed by atoms with E-state index in [0.29, 0.717) is 47.2 Å². The number of aromatic nitrogens is 4. The summed E-state index contributed by atoms with van der Waals surface area (Å²) in [7, 11) is -1.59. The topological polar surface area (TPSA) is 119 Å². The monoisotopic (exact) mass is 601 g/mol. The number of ether oxygens (including phenoxy) is 2. The maximum Gasteiger partial charge on any atom is 0.452 e. The molecule has 1 aromatic carbocycles. The predicted octanol–water partition coefficient (Wildman–Crippen LogP) is 4.05. The third-order valence-corrected chi connectivity index (χ3v) is 9.08. The van der Waals surface area contributed by atoms with Gasteiger partial charge in [-0.2, -0.15) is 13.2 Å². The standard InChI is InChI=1S/C28H26F3N5O5S/c1-16-5-6-18(21(11-23(37)38)20-7-9-36-24(17(20)2)33-34-26(36)28(29,30)31)10-19(16)12-35-13-27(14-40-15-27)41-25-22(42(35)39)4-3-8-32-25/h3-10,21H,11-15H2,1-2H3,(H,37,38). The van der Waals surface area contributed by atoms with Gasteiger partial charge in [-0.25, -0.2) is 13.5 Å². The van der Waals surface area contributed by atoms with E-state index in [1.54, 1.807) is 29.6 Å². The Balaban J connectivity index is 1.38. The Morgan fingerprint density at radius 3 is 2.67 bits per heavy atom. The zero-order chi connectivity index (χ0) is 29.8. The molecule has 5 heterocycles. The minimum absolute atomic E-state index is 0.00259. The van der Waals surface area contributed by atoms with E-state index in [9.17, 15) is 27.3 Å². The van der Waals surface area contributed by atoms with Crippen LogP contribution in [0.3, 0.4) is 0 Å². The molecule has 1 fully saturated rings. The van der Waals surface area contributed by atoms with Crippen molar-refractivity contribution in [3.8, 4) is 5.88 Å². The van der Waals surface area contributed by atoms with Gasteiger partial charge in [0.2, 0.25) is 11.7 Å². The molecule has 0 aliphatic carbocycles. The fraction of sp³-hybridized carbons (Fsp3) is 0.357. The number of carboxylic acid groups (broad SMARTS) is 1. The Bertz CT molecular complexity index is 1720. The number of nitrogens with zero attached hydrogens (tertiary/aromatic N) is 5. The summed E-state index contributed by atoms with van der Waals surface area (Å²) in [5, 5.41) is 16.9. The predicted molar refractivity (Wildman–Crippen MR) is 143 cm³/mol. The lowest BCUT2D eigenvalue weighted by Crippen LogP contribution is -2.60. The first kappa shape index (κ1) is 28.2. The highest BCUT2D eigenvalue weighted by Gasteiger charge is 2.47. The Labute approximate surface area is 240 Å². The van der Waals surface area contributed by atoms with Crippen LogP contribution in [-0.4, -0.2) is 64.5 Å². The third kappa shape index (κ3) is 5.03. The van der Waals surface area contributed by atoms with Crippen LogP contribution >= 0.6 is 0 Å². The van der Waals surface area contributed by atoms with Crippen molar-refractivity contribution >= 4 is 22.6 Å². The fourth-order valence-corrected chi connectivity index (χ4v) is 6.78. The first-order chi connectivity index (χ1) is 20.0. The summed E-state index contributed by atoms with van der Waals surface area (Å²) in [5.41, 5.74) is 2.62. The van der Waals surface area contributed by atoms with Crippen molar-refractivity contribution < 1.29 is 36.8 Å². The molecule has 1 saturated heterocycles. The number of carbonyl (C=O) groups is 1. The van der Waals surface area contributed by atoms with Crippen LogP contribution in [-0.2, 0) is 33.2 Å². The second-order valence-corrected chi connectivity index (χ2v) is 12.0. The molecule has 0 bridgehead atoms. The van der Waals surface area contributed by atoms with Crippen molar-refractivity contribution in [1.82, 2.24) is 23.9 Å². The van der Waals surface area contributed by atoms with Crippen molar-refractivity contribution in [1.29, 1.82) is 0 Å². The van der Waals surface area contributed by atoms with Gasteiger partial charge in [-0.1, -0.05) is 18.2 Å². The molecule has 1 spiro atoms.